The summed E-state index contributed by atoms with van der Waals surface area (Å²) < 4.78 is 68.7. The average molecular weight is 489 g/mol. The standard InChI is InChI=1S/C14H19N3O2.2C2HF3O2/c18-14(19-10-11-4-2-1-3-5-11)16-12-8-17(9-12)13-6-15-7-13;2*3-2(4,5)1(6)7/h1-5,12-13,15H,6-10H2,(H,16,18);2*(H,6,7). The number of nitrogens with zero attached hydrogens (tertiary/aromatic N) is 1. The van der Waals surface area contributed by atoms with Gasteiger partial charge in [0.25, 0.3) is 0 Å². The van der Waals surface area contributed by atoms with Crippen molar-refractivity contribution in [3.8, 4) is 0 Å². The average Bonchev–Trinajstić information content (AvgIpc) is 2.63. The molecule has 0 aromatic heterocycles. The van der Waals surface area contributed by atoms with E-state index in [4.69, 9.17) is 24.5 Å². The van der Waals surface area contributed by atoms with Crippen molar-refractivity contribution >= 4 is 18.0 Å². The van der Waals surface area contributed by atoms with Crippen LogP contribution in [-0.2, 0) is 20.9 Å². The van der Waals surface area contributed by atoms with E-state index < -0.39 is 24.3 Å². The van der Waals surface area contributed by atoms with Crippen molar-refractivity contribution in [1.29, 1.82) is 0 Å². The van der Waals surface area contributed by atoms with Crippen LogP contribution in [0.4, 0.5) is 31.1 Å². The lowest BCUT2D eigenvalue weighted by Gasteiger charge is -2.47. The number of alkyl halides is 6. The number of halogens is 6. The van der Waals surface area contributed by atoms with Crippen molar-refractivity contribution in [2.75, 3.05) is 26.2 Å². The van der Waals surface area contributed by atoms with Gasteiger partial charge in [0.2, 0.25) is 0 Å². The molecule has 2 aliphatic rings. The Bertz CT molecular complexity index is 756. The molecule has 2 saturated heterocycles. The number of amides is 1. The number of rotatable bonds is 4. The number of carboxylic acids is 2. The number of carbonyl (C=O) groups is 3. The van der Waals surface area contributed by atoms with E-state index in [2.05, 4.69) is 15.5 Å². The van der Waals surface area contributed by atoms with Crippen LogP contribution in [-0.4, -0.2) is 83.8 Å². The molecular formula is C18H21F6N3O6. The Morgan fingerprint density at radius 1 is 0.970 bits per heavy atom. The van der Waals surface area contributed by atoms with Crippen LogP contribution in [0.25, 0.3) is 0 Å². The van der Waals surface area contributed by atoms with Gasteiger partial charge < -0.3 is 25.6 Å². The first-order chi connectivity index (χ1) is 15.2. The molecule has 0 bridgehead atoms. The molecule has 15 heteroatoms. The number of hydrogen-bond acceptors (Lipinski definition) is 6. The quantitative estimate of drug-likeness (QED) is 0.472. The molecule has 3 rings (SSSR count). The van der Waals surface area contributed by atoms with Crippen LogP contribution < -0.4 is 10.6 Å². The van der Waals surface area contributed by atoms with Gasteiger partial charge in [0.1, 0.15) is 6.61 Å². The Labute approximate surface area is 183 Å². The third kappa shape index (κ3) is 10.9. The molecule has 0 unspecified atom stereocenters. The van der Waals surface area contributed by atoms with Gasteiger partial charge in [0.05, 0.1) is 6.04 Å². The van der Waals surface area contributed by atoms with Gasteiger partial charge in [0.15, 0.2) is 0 Å². The minimum absolute atomic E-state index is 0.240. The van der Waals surface area contributed by atoms with E-state index in [9.17, 15) is 31.1 Å². The molecule has 0 radical (unpaired) electrons. The zero-order chi connectivity index (χ0) is 25.2. The van der Waals surface area contributed by atoms with E-state index in [1.54, 1.807) is 0 Å². The van der Waals surface area contributed by atoms with E-state index in [-0.39, 0.29) is 12.1 Å². The lowest BCUT2D eigenvalue weighted by molar-refractivity contribution is -0.193. The van der Waals surface area contributed by atoms with Gasteiger partial charge in [-0.05, 0) is 5.56 Å². The van der Waals surface area contributed by atoms with Gasteiger partial charge in [-0.15, -0.1) is 0 Å². The summed E-state index contributed by atoms with van der Waals surface area (Å²) in [6, 6.07) is 10.6. The SMILES string of the molecule is O=C(NC1CN(C2CNC2)C1)OCc1ccccc1.O=C(O)C(F)(F)F.O=C(O)C(F)(F)F. The summed E-state index contributed by atoms with van der Waals surface area (Å²) in [5.41, 5.74) is 1.01. The first-order valence-corrected chi connectivity index (χ1v) is 9.22. The molecule has 2 aliphatic heterocycles. The highest BCUT2D eigenvalue weighted by atomic mass is 19.4. The van der Waals surface area contributed by atoms with Crippen molar-refractivity contribution in [3.05, 3.63) is 35.9 Å². The van der Waals surface area contributed by atoms with Crippen LogP contribution in [0.1, 0.15) is 5.56 Å². The maximum atomic E-state index is 11.6. The first kappa shape index (κ1) is 28.0. The minimum Gasteiger partial charge on any atom is -0.475 e. The highest BCUT2D eigenvalue weighted by Gasteiger charge is 2.39. The zero-order valence-electron chi connectivity index (χ0n) is 16.8. The van der Waals surface area contributed by atoms with Gasteiger partial charge in [-0.3, -0.25) is 4.90 Å². The van der Waals surface area contributed by atoms with Gasteiger partial charge in [0, 0.05) is 32.2 Å². The molecule has 186 valence electrons. The minimum atomic E-state index is -5.08. The second kappa shape index (κ2) is 12.2. The lowest BCUT2D eigenvalue weighted by atomic mass is 10.0. The Balaban J connectivity index is 0.000000324. The van der Waals surface area contributed by atoms with Crippen LogP contribution in [0.15, 0.2) is 30.3 Å². The number of carbonyl (C=O) groups excluding carboxylic acids is 1. The van der Waals surface area contributed by atoms with Gasteiger partial charge in [-0.1, -0.05) is 30.3 Å². The molecule has 0 atom stereocenters. The van der Waals surface area contributed by atoms with Gasteiger partial charge >= 0.3 is 30.4 Å². The third-order valence-corrected chi connectivity index (χ3v) is 4.21. The lowest BCUT2D eigenvalue weighted by Crippen LogP contribution is -2.68. The normalized spacial score (nSPS) is 16.5. The number of aliphatic carboxylic acids is 2. The molecule has 1 aromatic rings. The fourth-order valence-electron chi connectivity index (χ4n) is 2.37. The molecule has 1 amide bonds. The summed E-state index contributed by atoms with van der Waals surface area (Å²) in [6.07, 6.45) is -10.5. The van der Waals surface area contributed by atoms with Crippen molar-refractivity contribution in [1.82, 2.24) is 15.5 Å². The second-order valence-corrected chi connectivity index (χ2v) is 6.77. The number of ether oxygens (including phenoxy) is 1. The monoisotopic (exact) mass is 489 g/mol. The first-order valence-electron chi connectivity index (χ1n) is 9.22. The van der Waals surface area contributed by atoms with E-state index in [0.717, 1.165) is 31.7 Å². The molecule has 0 spiro atoms. The molecule has 2 fully saturated rings. The maximum absolute atomic E-state index is 11.6. The summed E-state index contributed by atoms with van der Waals surface area (Å²) in [6.45, 7) is 4.35. The van der Waals surface area contributed by atoms with E-state index in [1.165, 1.54) is 0 Å². The van der Waals surface area contributed by atoms with E-state index in [1.807, 2.05) is 30.3 Å². The molecule has 1 aromatic carbocycles. The summed E-state index contributed by atoms with van der Waals surface area (Å²) >= 11 is 0. The predicted molar refractivity (Wildman–Crippen MR) is 99.2 cm³/mol. The molecule has 4 N–H and O–H groups in total. The van der Waals surface area contributed by atoms with Crippen molar-refractivity contribution < 1.29 is 55.7 Å². The summed E-state index contributed by atoms with van der Waals surface area (Å²) in [7, 11) is 0. The zero-order valence-corrected chi connectivity index (χ0v) is 16.8. The third-order valence-electron chi connectivity index (χ3n) is 4.21. The van der Waals surface area contributed by atoms with Gasteiger partial charge in [-0.25, -0.2) is 14.4 Å². The summed E-state index contributed by atoms with van der Waals surface area (Å²) in [5.74, 6) is -5.51. The van der Waals surface area contributed by atoms with Gasteiger partial charge in [-0.2, -0.15) is 26.3 Å². The molecule has 33 heavy (non-hydrogen) atoms. The van der Waals surface area contributed by atoms with Crippen molar-refractivity contribution in [3.63, 3.8) is 0 Å². The Morgan fingerprint density at radius 3 is 1.79 bits per heavy atom. The van der Waals surface area contributed by atoms with Crippen LogP contribution in [0.3, 0.4) is 0 Å². The fourth-order valence-corrected chi connectivity index (χ4v) is 2.37. The number of hydrogen-bond donors (Lipinski definition) is 4. The predicted octanol–water partition coefficient (Wildman–Crippen LogP) is 1.84. The Kier molecular flexibility index (Phi) is 10.4. The largest absolute Gasteiger partial charge is 0.490 e. The van der Waals surface area contributed by atoms with Crippen LogP contribution in [0, 0.1) is 0 Å². The van der Waals surface area contributed by atoms with E-state index in [0.29, 0.717) is 12.6 Å². The molecule has 0 aliphatic carbocycles. The smallest absolute Gasteiger partial charge is 0.475 e. The van der Waals surface area contributed by atoms with Crippen LogP contribution in [0.5, 0.6) is 0 Å². The van der Waals surface area contributed by atoms with Crippen LogP contribution >= 0.6 is 0 Å². The Morgan fingerprint density at radius 2 is 1.42 bits per heavy atom. The van der Waals surface area contributed by atoms with Crippen molar-refractivity contribution in [2.45, 2.75) is 31.0 Å². The summed E-state index contributed by atoms with van der Waals surface area (Å²) in [5, 5.41) is 20.4. The highest BCUT2D eigenvalue weighted by Crippen LogP contribution is 2.15. The molecule has 2 heterocycles. The number of nitrogens with one attached hydrogen (secondary N) is 2. The maximum Gasteiger partial charge on any atom is 0.490 e. The second-order valence-electron chi connectivity index (χ2n) is 6.77. The van der Waals surface area contributed by atoms with E-state index >= 15 is 0 Å². The number of benzene rings is 1. The highest BCUT2D eigenvalue weighted by molar-refractivity contribution is 5.73. The van der Waals surface area contributed by atoms with Crippen LogP contribution in [0.2, 0.25) is 0 Å². The number of carboxylic acid groups (broad SMARTS) is 2. The molecular weight excluding hydrogens is 468 g/mol. The number of alkyl carbamates (subject to hydrolysis) is 1. The fraction of sp³-hybridized carbons (Fsp3) is 0.500. The molecule has 9 nitrogen and oxygen atoms in total. The van der Waals surface area contributed by atoms with Crippen molar-refractivity contribution in [2.24, 2.45) is 0 Å². The summed E-state index contributed by atoms with van der Waals surface area (Å²) in [4.78, 5) is 31.8. The Hall–Kier alpha value is -3.07. The molecule has 0 saturated carbocycles. The topological polar surface area (TPSA) is 128 Å². The number of likely N-dealkylation sites (tertiary alicyclic amines) is 1.